The van der Waals surface area contributed by atoms with Crippen molar-refractivity contribution in [1.29, 1.82) is 0 Å². The monoisotopic (exact) mass is 310 g/mol. The van der Waals surface area contributed by atoms with E-state index in [2.05, 4.69) is 16.6 Å². The Labute approximate surface area is 127 Å². The predicted octanol–water partition coefficient (Wildman–Crippen LogP) is 0.859. The zero-order valence-corrected chi connectivity index (χ0v) is 12.3. The average molecular weight is 310 g/mol. The van der Waals surface area contributed by atoms with Crippen LogP contribution in [0.5, 0.6) is 0 Å². The molecule has 0 unspecified atom stereocenters. The first-order valence-electron chi connectivity index (χ1n) is 6.27. The van der Waals surface area contributed by atoms with Crippen LogP contribution in [0.2, 0.25) is 0 Å². The number of terminal acetylenes is 1. The van der Waals surface area contributed by atoms with E-state index in [1.807, 2.05) is 12.1 Å². The Balaban J connectivity index is 2.24. The van der Waals surface area contributed by atoms with Crippen molar-refractivity contribution < 1.29 is 9.34 Å². The summed E-state index contributed by atoms with van der Waals surface area (Å²) in [7, 11) is 0. The molecule has 0 bridgehead atoms. The second kappa shape index (κ2) is 9.74. The van der Waals surface area contributed by atoms with Crippen LogP contribution < -0.4 is 16.4 Å². The van der Waals surface area contributed by atoms with Gasteiger partial charge >= 0.3 is 0 Å². The second-order valence-electron chi connectivity index (χ2n) is 3.94. The van der Waals surface area contributed by atoms with Gasteiger partial charge in [-0.1, -0.05) is 5.92 Å². The van der Waals surface area contributed by atoms with E-state index >= 15 is 0 Å². The SMILES string of the molecule is C#CCNC(=C[N+](=O)[O-])NCCSCc1ccc(CN)o1. The van der Waals surface area contributed by atoms with E-state index in [1.54, 1.807) is 11.8 Å². The van der Waals surface area contributed by atoms with Gasteiger partial charge in [-0.05, 0) is 12.1 Å². The molecule has 0 spiro atoms. The lowest BCUT2D eigenvalue weighted by Gasteiger charge is -2.08. The molecule has 0 aliphatic heterocycles. The summed E-state index contributed by atoms with van der Waals surface area (Å²) in [5, 5.41) is 16.1. The Morgan fingerprint density at radius 2 is 2.29 bits per heavy atom. The van der Waals surface area contributed by atoms with Gasteiger partial charge in [0, 0.05) is 12.3 Å². The molecule has 0 aliphatic rings. The van der Waals surface area contributed by atoms with Crippen molar-refractivity contribution in [2.24, 2.45) is 5.73 Å². The van der Waals surface area contributed by atoms with Crippen LogP contribution in [0.4, 0.5) is 0 Å². The molecule has 1 aromatic heterocycles. The minimum absolute atomic E-state index is 0.230. The van der Waals surface area contributed by atoms with Crippen LogP contribution in [0.3, 0.4) is 0 Å². The van der Waals surface area contributed by atoms with Crippen molar-refractivity contribution in [3.8, 4) is 12.3 Å². The van der Waals surface area contributed by atoms with Crippen molar-refractivity contribution in [2.45, 2.75) is 12.3 Å². The standard InChI is InChI=1S/C13H18N4O3S/c1-2-5-15-13(9-17(18)19)16-6-7-21-10-12-4-3-11(8-14)20-12/h1,3-4,9,15-16H,5-8,10,14H2. The maximum atomic E-state index is 10.4. The number of hydrogen-bond acceptors (Lipinski definition) is 7. The Hall–Kier alpha value is -2.11. The minimum Gasteiger partial charge on any atom is -0.464 e. The van der Waals surface area contributed by atoms with Gasteiger partial charge in [0.15, 0.2) is 5.82 Å². The molecule has 0 radical (unpaired) electrons. The summed E-state index contributed by atoms with van der Waals surface area (Å²) in [4.78, 5) is 9.92. The first-order chi connectivity index (χ1) is 10.2. The third kappa shape index (κ3) is 7.29. The molecule has 4 N–H and O–H groups in total. The van der Waals surface area contributed by atoms with E-state index in [4.69, 9.17) is 16.6 Å². The van der Waals surface area contributed by atoms with E-state index in [-0.39, 0.29) is 6.54 Å². The van der Waals surface area contributed by atoms with Gasteiger partial charge < -0.3 is 20.8 Å². The van der Waals surface area contributed by atoms with Gasteiger partial charge in [-0.3, -0.25) is 10.1 Å². The summed E-state index contributed by atoms with van der Waals surface area (Å²) in [6.07, 6.45) is 5.96. The first-order valence-corrected chi connectivity index (χ1v) is 7.43. The highest BCUT2D eigenvalue weighted by Crippen LogP contribution is 2.14. The van der Waals surface area contributed by atoms with E-state index in [1.165, 1.54) is 0 Å². The molecule has 0 aromatic carbocycles. The smallest absolute Gasteiger partial charge is 0.274 e. The lowest BCUT2D eigenvalue weighted by atomic mass is 10.4. The summed E-state index contributed by atoms with van der Waals surface area (Å²) < 4.78 is 5.46. The number of furan rings is 1. The Kier molecular flexibility index (Phi) is 7.86. The molecule has 0 saturated carbocycles. The van der Waals surface area contributed by atoms with Gasteiger partial charge in [0.1, 0.15) is 11.5 Å². The third-order valence-electron chi connectivity index (χ3n) is 2.34. The van der Waals surface area contributed by atoms with Crippen molar-refractivity contribution >= 4 is 11.8 Å². The second-order valence-corrected chi connectivity index (χ2v) is 5.04. The average Bonchev–Trinajstić information content (AvgIpc) is 2.91. The zero-order valence-electron chi connectivity index (χ0n) is 11.5. The summed E-state index contributed by atoms with van der Waals surface area (Å²) >= 11 is 1.65. The van der Waals surface area contributed by atoms with Crippen LogP contribution in [-0.2, 0) is 12.3 Å². The van der Waals surface area contributed by atoms with Gasteiger partial charge in [0.2, 0.25) is 0 Å². The van der Waals surface area contributed by atoms with Crippen LogP contribution in [-0.4, -0.2) is 23.8 Å². The third-order valence-corrected chi connectivity index (χ3v) is 3.32. The molecule has 1 aromatic rings. The largest absolute Gasteiger partial charge is 0.464 e. The highest BCUT2D eigenvalue weighted by Gasteiger charge is 2.03. The van der Waals surface area contributed by atoms with E-state index in [9.17, 15) is 10.1 Å². The fraction of sp³-hybridized carbons (Fsp3) is 0.385. The molecule has 0 amide bonds. The number of nitrogens with zero attached hydrogens (tertiary/aromatic N) is 1. The molecule has 7 nitrogen and oxygen atoms in total. The van der Waals surface area contributed by atoms with E-state index < -0.39 is 4.92 Å². The van der Waals surface area contributed by atoms with E-state index in [0.717, 1.165) is 29.2 Å². The Morgan fingerprint density at radius 3 is 2.90 bits per heavy atom. The van der Waals surface area contributed by atoms with Gasteiger partial charge in [-0.15, -0.1) is 6.42 Å². The van der Waals surface area contributed by atoms with E-state index in [0.29, 0.717) is 18.9 Å². The maximum absolute atomic E-state index is 10.4. The Morgan fingerprint density at radius 1 is 1.52 bits per heavy atom. The first kappa shape index (κ1) is 16.9. The number of nitro groups is 1. The lowest BCUT2D eigenvalue weighted by molar-refractivity contribution is -0.404. The number of thioether (sulfide) groups is 1. The fourth-order valence-corrected chi connectivity index (χ4v) is 2.19. The normalized spacial score (nSPS) is 11.0. The van der Waals surface area contributed by atoms with Crippen molar-refractivity contribution in [1.82, 2.24) is 10.6 Å². The minimum atomic E-state index is -0.532. The summed E-state index contributed by atoms with van der Waals surface area (Å²) in [5.74, 6) is 5.80. The molecular formula is C13H18N4O3S. The number of nitrogens with one attached hydrogen (secondary N) is 2. The molecule has 0 fully saturated rings. The van der Waals surface area contributed by atoms with Gasteiger partial charge in [0.25, 0.3) is 6.20 Å². The van der Waals surface area contributed by atoms with Crippen LogP contribution in [0, 0.1) is 22.5 Å². The topological polar surface area (TPSA) is 106 Å². The fourth-order valence-electron chi connectivity index (χ4n) is 1.45. The van der Waals surface area contributed by atoms with Crippen molar-refractivity contribution in [3.63, 3.8) is 0 Å². The molecule has 0 saturated heterocycles. The number of hydrogen-bond donors (Lipinski definition) is 3. The molecule has 21 heavy (non-hydrogen) atoms. The lowest BCUT2D eigenvalue weighted by Crippen LogP contribution is -2.29. The van der Waals surface area contributed by atoms with Crippen molar-refractivity contribution in [3.05, 3.63) is 45.8 Å². The van der Waals surface area contributed by atoms with Crippen molar-refractivity contribution in [2.75, 3.05) is 18.8 Å². The van der Waals surface area contributed by atoms with Crippen LogP contribution >= 0.6 is 11.8 Å². The number of rotatable bonds is 10. The molecule has 8 heteroatoms. The number of nitrogens with two attached hydrogens (primary N) is 1. The summed E-state index contributed by atoms with van der Waals surface area (Å²) in [6.45, 7) is 1.20. The maximum Gasteiger partial charge on any atom is 0.274 e. The van der Waals surface area contributed by atoms with Gasteiger partial charge in [-0.2, -0.15) is 11.8 Å². The molecule has 0 aliphatic carbocycles. The van der Waals surface area contributed by atoms with Crippen LogP contribution in [0.15, 0.2) is 28.6 Å². The zero-order chi connectivity index (χ0) is 15.5. The Bertz CT molecular complexity index is 522. The molecule has 0 atom stereocenters. The molecule has 114 valence electrons. The predicted molar refractivity (Wildman–Crippen MR) is 82.7 cm³/mol. The quantitative estimate of drug-likeness (QED) is 0.255. The van der Waals surface area contributed by atoms with Gasteiger partial charge in [0.05, 0.1) is 23.8 Å². The molecular weight excluding hydrogens is 292 g/mol. The highest BCUT2D eigenvalue weighted by atomic mass is 32.2. The van der Waals surface area contributed by atoms with Crippen LogP contribution in [0.1, 0.15) is 11.5 Å². The van der Waals surface area contributed by atoms with Crippen LogP contribution in [0.25, 0.3) is 0 Å². The summed E-state index contributed by atoms with van der Waals surface area (Å²) in [5.41, 5.74) is 5.46. The van der Waals surface area contributed by atoms with Gasteiger partial charge in [-0.25, -0.2) is 0 Å². The molecule has 1 rings (SSSR count). The summed E-state index contributed by atoms with van der Waals surface area (Å²) in [6, 6.07) is 3.75. The molecule has 1 heterocycles. The highest BCUT2D eigenvalue weighted by molar-refractivity contribution is 7.98.